The Morgan fingerprint density at radius 1 is 1.42 bits per heavy atom. The second-order valence-electron chi connectivity index (χ2n) is 4.48. The summed E-state index contributed by atoms with van der Waals surface area (Å²) >= 11 is 0. The first kappa shape index (κ1) is 13.3. The molecular formula is C15H15FN2O. The van der Waals surface area contributed by atoms with Crippen molar-refractivity contribution >= 4 is 0 Å². The topological polar surface area (TPSA) is 49.0 Å². The molecule has 1 aromatic carbocycles. The van der Waals surface area contributed by atoms with Gasteiger partial charge in [-0.3, -0.25) is 0 Å². The van der Waals surface area contributed by atoms with Gasteiger partial charge < -0.3 is 9.73 Å². The number of nitrogens with zero attached hydrogens (tertiary/aromatic N) is 1. The van der Waals surface area contributed by atoms with Crippen molar-refractivity contribution in [2.75, 3.05) is 0 Å². The minimum Gasteiger partial charge on any atom is -0.469 e. The van der Waals surface area contributed by atoms with Gasteiger partial charge in [0, 0.05) is 19.0 Å². The molecule has 1 atom stereocenters. The van der Waals surface area contributed by atoms with Crippen molar-refractivity contribution < 1.29 is 8.81 Å². The van der Waals surface area contributed by atoms with Crippen molar-refractivity contribution in [2.24, 2.45) is 0 Å². The molecule has 4 heteroatoms. The lowest BCUT2D eigenvalue weighted by molar-refractivity contribution is 0.456. The average molecular weight is 258 g/mol. The molecule has 0 spiro atoms. The molecule has 1 N–H and O–H groups in total. The predicted octanol–water partition coefficient (Wildman–Crippen LogP) is 3.01. The summed E-state index contributed by atoms with van der Waals surface area (Å²) in [4.78, 5) is 0. The van der Waals surface area contributed by atoms with Gasteiger partial charge in [0.15, 0.2) is 0 Å². The van der Waals surface area contributed by atoms with E-state index in [1.807, 2.05) is 19.1 Å². The minimum atomic E-state index is -0.325. The fourth-order valence-electron chi connectivity index (χ4n) is 1.90. The zero-order valence-corrected chi connectivity index (χ0v) is 10.7. The van der Waals surface area contributed by atoms with Crippen molar-refractivity contribution in [3.63, 3.8) is 0 Å². The van der Waals surface area contributed by atoms with Crippen LogP contribution in [0.25, 0.3) is 0 Å². The average Bonchev–Trinajstić information content (AvgIpc) is 2.89. The summed E-state index contributed by atoms with van der Waals surface area (Å²) in [6.07, 6.45) is 2.40. The highest BCUT2D eigenvalue weighted by Crippen LogP contribution is 2.11. The van der Waals surface area contributed by atoms with Crippen LogP contribution in [0, 0.1) is 17.1 Å². The zero-order chi connectivity index (χ0) is 13.7. The molecule has 0 saturated heterocycles. The summed E-state index contributed by atoms with van der Waals surface area (Å²) in [5.41, 5.74) is 1.17. The van der Waals surface area contributed by atoms with Crippen molar-refractivity contribution in [1.82, 2.24) is 5.32 Å². The normalized spacial score (nSPS) is 12.1. The number of rotatable bonds is 5. The molecule has 0 amide bonds. The van der Waals surface area contributed by atoms with Crippen LogP contribution in [-0.2, 0) is 13.0 Å². The molecule has 1 heterocycles. The largest absolute Gasteiger partial charge is 0.469 e. The Morgan fingerprint density at radius 2 is 2.26 bits per heavy atom. The highest BCUT2D eigenvalue weighted by molar-refractivity contribution is 5.37. The van der Waals surface area contributed by atoms with Gasteiger partial charge in [-0.25, -0.2) is 4.39 Å². The predicted molar refractivity (Wildman–Crippen MR) is 69.8 cm³/mol. The summed E-state index contributed by atoms with van der Waals surface area (Å²) in [6, 6.07) is 10.2. The van der Waals surface area contributed by atoms with Gasteiger partial charge >= 0.3 is 0 Å². The molecule has 0 saturated carbocycles. The van der Waals surface area contributed by atoms with Crippen LogP contribution in [0.5, 0.6) is 0 Å². The van der Waals surface area contributed by atoms with Crippen LogP contribution in [0.4, 0.5) is 4.39 Å². The van der Waals surface area contributed by atoms with E-state index in [0.717, 1.165) is 12.2 Å². The second kappa shape index (κ2) is 6.17. The fourth-order valence-corrected chi connectivity index (χ4v) is 1.90. The number of benzene rings is 1. The molecule has 0 radical (unpaired) electrons. The Bertz CT molecular complexity index is 572. The molecule has 0 fully saturated rings. The van der Waals surface area contributed by atoms with Crippen LogP contribution in [0.3, 0.4) is 0 Å². The first-order valence-corrected chi connectivity index (χ1v) is 6.13. The summed E-state index contributed by atoms with van der Waals surface area (Å²) in [7, 11) is 0. The van der Waals surface area contributed by atoms with E-state index in [-0.39, 0.29) is 11.9 Å². The van der Waals surface area contributed by atoms with Crippen LogP contribution in [0.1, 0.15) is 23.8 Å². The van der Waals surface area contributed by atoms with Gasteiger partial charge in [-0.2, -0.15) is 5.26 Å². The number of hydrogen-bond donors (Lipinski definition) is 1. The van der Waals surface area contributed by atoms with Crippen LogP contribution in [0.2, 0.25) is 0 Å². The lowest BCUT2D eigenvalue weighted by atomic mass is 10.1. The van der Waals surface area contributed by atoms with E-state index in [1.54, 1.807) is 6.26 Å². The highest BCUT2D eigenvalue weighted by Gasteiger charge is 2.08. The van der Waals surface area contributed by atoms with Crippen LogP contribution in [-0.4, -0.2) is 6.04 Å². The monoisotopic (exact) mass is 258 g/mol. The number of hydrogen-bond acceptors (Lipinski definition) is 3. The Balaban J connectivity index is 1.95. The lowest BCUT2D eigenvalue weighted by Crippen LogP contribution is -2.27. The van der Waals surface area contributed by atoms with Gasteiger partial charge in [0.05, 0.1) is 17.9 Å². The number of furan rings is 1. The van der Waals surface area contributed by atoms with E-state index in [4.69, 9.17) is 9.68 Å². The number of nitriles is 1. The van der Waals surface area contributed by atoms with Gasteiger partial charge in [-0.05, 0) is 42.8 Å². The molecule has 2 aromatic rings. The van der Waals surface area contributed by atoms with Gasteiger partial charge in [0.2, 0.25) is 0 Å². The van der Waals surface area contributed by atoms with E-state index in [1.165, 1.54) is 18.2 Å². The van der Waals surface area contributed by atoms with E-state index in [9.17, 15) is 4.39 Å². The Labute approximate surface area is 111 Å². The van der Waals surface area contributed by atoms with Crippen molar-refractivity contribution in [2.45, 2.75) is 25.9 Å². The molecule has 0 aliphatic heterocycles. The SMILES string of the molecule is CC(Cc1ccco1)NCc1cc(F)ccc1C#N. The summed E-state index contributed by atoms with van der Waals surface area (Å²) < 4.78 is 18.4. The van der Waals surface area contributed by atoms with Crippen molar-refractivity contribution in [3.05, 3.63) is 59.3 Å². The van der Waals surface area contributed by atoms with Crippen LogP contribution in [0.15, 0.2) is 41.0 Å². The van der Waals surface area contributed by atoms with Crippen LogP contribution < -0.4 is 5.32 Å². The summed E-state index contributed by atoms with van der Waals surface area (Å²) in [5, 5.41) is 12.2. The van der Waals surface area contributed by atoms with E-state index in [0.29, 0.717) is 17.7 Å². The first-order valence-electron chi connectivity index (χ1n) is 6.13. The van der Waals surface area contributed by atoms with Crippen LogP contribution >= 0.6 is 0 Å². The van der Waals surface area contributed by atoms with Gasteiger partial charge in [-0.1, -0.05) is 0 Å². The Morgan fingerprint density at radius 3 is 2.95 bits per heavy atom. The summed E-state index contributed by atoms with van der Waals surface area (Å²) in [6.45, 7) is 2.48. The highest BCUT2D eigenvalue weighted by atomic mass is 19.1. The maximum Gasteiger partial charge on any atom is 0.123 e. The van der Waals surface area contributed by atoms with E-state index >= 15 is 0 Å². The maximum atomic E-state index is 13.2. The smallest absolute Gasteiger partial charge is 0.123 e. The van der Waals surface area contributed by atoms with Gasteiger partial charge in [0.1, 0.15) is 11.6 Å². The molecule has 0 aliphatic carbocycles. The number of nitrogens with one attached hydrogen (secondary N) is 1. The molecule has 0 bridgehead atoms. The van der Waals surface area contributed by atoms with Gasteiger partial charge in [-0.15, -0.1) is 0 Å². The third-order valence-electron chi connectivity index (χ3n) is 2.92. The second-order valence-corrected chi connectivity index (χ2v) is 4.48. The van der Waals surface area contributed by atoms with E-state index in [2.05, 4.69) is 11.4 Å². The minimum absolute atomic E-state index is 0.181. The third kappa shape index (κ3) is 3.67. The molecule has 19 heavy (non-hydrogen) atoms. The molecular weight excluding hydrogens is 243 g/mol. The van der Waals surface area contributed by atoms with Crippen molar-refractivity contribution in [3.8, 4) is 6.07 Å². The Hall–Kier alpha value is -2.12. The zero-order valence-electron chi connectivity index (χ0n) is 10.7. The quantitative estimate of drug-likeness (QED) is 0.896. The molecule has 1 aromatic heterocycles. The fraction of sp³-hybridized carbons (Fsp3) is 0.267. The lowest BCUT2D eigenvalue weighted by Gasteiger charge is -2.13. The first-order chi connectivity index (χ1) is 9.19. The molecule has 2 rings (SSSR count). The van der Waals surface area contributed by atoms with Crippen molar-refractivity contribution in [1.29, 1.82) is 5.26 Å². The molecule has 98 valence electrons. The molecule has 0 aliphatic rings. The van der Waals surface area contributed by atoms with Gasteiger partial charge in [0.25, 0.3) is 0 Å². The van der Waals surface area contributed by atoms with E-state index < -0.39 is 0 Å². The standard InChI is InChI=1S/C15H15FN2O/c1-11(7-15-3-2-6-19-15)18-10-13-8-14(16)5-4-12(13)9-17/h2-6,8,11,18H,7,10H2,1H3. The summed E-state index contributed by atoms with van der Waals surface area (Å²) in [5.74, 6) is 0.578. The maximum absolute atomic E-state index is 13.2. The third-order valence-corrected chi connectivity index (χ3v) is 2.92. The Kier molecular flexibility index (Phi) is 4.32. The number of halogens is 1. The molecule has 1 unspecified atom stereocenters. The molecule has 3 nitrogen and oxygen atoms in total.